The van der Waals surface area contributed by atoms with E-state index in [1.807, 2.05) is 6.92 Å². The Morgan fingerprint density at radius 3 is 2.53 bits per heavy atom. The maximum absolute atomic E-state index is 13.4. The second kappa shape index (κ2) is 11.5. The summed E-state index contributed by atoms with van der Waals surface area (Å²) in [6, 6.07) is 5.45. The van der Waals surface area contributed by atoms with Gasteiger partial charge in [0.2, 0.25) is 5.91 Å². The van der Waals surface area contributed by atoms with Crippen molar-refractivity contribution in [2.24, 2.45) is 13.0 Å². The van der Waals surface area contributed by atoms with E-state index in [-0.39, 0.29) is 28.9 Å². The van der Waals surface area contributed by atoms with Crippen molar-refractivity contribution < 1.29 is 18.0 Å². The van der Waals surface area contributed by atoms with E-state index < -0.39 is 16.1 Å². The predicted molar refractivity (Wildman–Crippen MR) is 134 cm³/mol. The fraction of sp³-hybridized carbons (Fsp3) is 0.600. The van der Waals surface area contributed by atoms with Gasteiger partial charge in [0.25, 0.3) is 15.9 Å². The second-order valence-corrected chi connectivity index (χ2v) is 11.8. The van der Waals surface area contributed by atoms with Gasteiger partial charge in [-0.1, -0.05) is 31.7 Å². The Bertz CT molecular complexity index is 1150. The predicted octanol–water partition coefficient (Wildman–Crippen LogP) is 2.24. The van der Waals surface area contributed by atoms with Crippen LogP contribution in [0.15, 0.2) is 41.7 Å². The van der Waals surface area contributed by atoms with Crippen LogP contribution in [0.3, 0.4) is 0 Å². The van der Waals surface area contributed by atoms with Crippen LogP contribution in [0.25, 0.3) is 0 Å². The van der Waals surface area contributed by atoms with E-state index in [0.717, 1.165) is 25.7 Å². The molecule has 1 aliphatic carbocycles. The highest BCUT2D eigenvalue weighted by atomic mass is 32.2. The highest BCUT2D eigenvalue weighted by Crippen LogP contribution is 2.29. The molecule has 2 amide bonds. The minimum atomic E-state index is -3.72. The van der Waals surface area contributed by atoms with Crippen molar-refractivity contribution in [3.63, 3.8) is 0 Å². The SMILES string of the molecule is C[C@@H]1CC[C@H](NC(=O)C(CC2CCCC2)NC(=O)c2ccnn2C)CCN1S(=O)(=O)c1ccccn1. The number of amides is 2. The molecule has 2 fully saturated rings. The van der Waals surface area contributed by atoms with Crippen molar-refractivity contribution in [2.75, 3.05) is 6.54 Å². The standard InChI is InChI=1S/C25H36N6O4S/c1-18-10-11-20(13-16-31(18)36(34,35)23-9-5-6-14-26-23)28-24(32)21(17-19-7-3-4-8-19)29-25(33)22-12-15-27-30(22)2/h5-6,9,12,14-15,18-21H,3-4,7-8,10-11,13,16-17H2,1-2H3,(H,28,32)(H,29,33)/t18-,20+,21?/m1/s1. The van der Waals surface area contributed by atoms with Gasteiger partial charge in [-0.2, -0.15) is 9.40 Å². The molecule has 1 aliphatic heterocycles. The lowest BCUT2D eigenvalue weighted by Crippen LogP contribution is -2.50. The van der Waals surface area contributed by atoms with E-state index in [9.17, 15) is 18.0 Å². The van der Waals surface area contributed by atoms with E-state index in [1.54, 1.807) is 31.4 Å². The van der Waals surface area contributed by atoms with Gasteiger partial charge in [-0.05, 0) is 56.7 Å². The van der Waals surface area contributed by atoms with Gasteiger partial charge in [0.05, 0.1) is 0 Å². The van der Waals surface area contributed by atoms with Crippen LogP contribution in [0.5, 0.6) is 0 Å². The van der Waals surface area contributed by atoms with Gasteiger partial charge < -0.3 is 10.6 Å². The first kappa shape index (κ1) is 26.3. The molecule has 11 heteroatoms. The number of carbonyl (C=O) groups excluding carboxylic acids is 2. The molecule has 0 radical (unpaired) electrons. The average Bonchev–Trinajstić information content (AvgIpc) is 3.49. The van der Waals surface area contributed by atoms with Crippen LogP contribution in [0, 0.1) is 5.92 Å². The van der Waals surface area contributed by atoms with E-state index in [1.165, 1.54) is 21.3 Å². The van der Waals surface area contributed by atoms with Gasteiger partial charge in [-0.15, -0.1) is 0 Å². The number of rotatable bonds is 8. The normalized spacial score (nSPS) is 22.6. The van der Waals surface area contributed by atoms with Crippen LogP contribution in [0.4, 0.5) is 0 Å². The van der Waals surface area contributed by atoms with Gasteiger partial charge in [-0.25, -0.2) is 13.4 Å². The maximum atomic E-state index is 13.4. The molecule has 1 saturated carbocycles. The molecule has 2 aromatic heterocycles. The summed E-state index contributed by atoms with van der Waals surface area (Å²) in [5, 5.41) is 10.1. The van der Waals surface area contributed by atoms with Gasteiger partial charge in [0, 0.05) is 38.1 Å². The van der Waals surface area contributed by atoms with Crippen molar-refractivity contribution >= 4 is 21.8 Å². The van der Waals surface area contributed by atoms with E-state index in [2.05, 4.69) is 20.7 Å². The number of pyridine rings is 1. The topological polar surface area (TPSA) is 126 Å². The molecule has 2 aliphatic rings. The number of sulfonamides is 1. The Hall–Kier alpha value is -2.79. The molecular formula is C25H36N6O4S. The number of hydrogen-bond acceptors (Lipinski definition) is 6. The maximum Gasteiger partial charge on any atom is 0.270 e. The van der Waals surface area contributed by atoms with E-state index in [4.69, 9.17) is 0 Å². The van der Waals surface area contributed by atoms with Crippen LogP contribution < -0.4 is 10.6 Å². The lowest BCUT2D eigenvalue weighted by Gasteiger charge is -2.25. The summed E-state index contributed by atoms with van der Waals surface area (Å²) in [4.78, 5) is 30.3. The van der Waals surface area contributed by atoms with Crippen LogP contribution >= 0.6 is 0 Å². The Kier molecular flexibility index (Phi) is 8.40. The third-order valence-electron chi connectivity index (χ3n) is 7.40. The molecule has 10 nitrogen and oxygen atoms in total. The zero-order valence-corrected chi connectivity index (χ0v) is 21.8. The van der Waals surface area contributed by atoms with Gasteiger partial charge in [0.15, 0.2) is 5.03 Å². The first-order valence-electron chi connectivity index (χ1n) is 12.8. The minimum Gasteiger partial charge on any atom is -0.352 e. The largest absolute Gasteiger partial charge is 0.352 e. The fourth-order valence-electron chi connectivity index (χ4n) is 5.30. The molecule has 3 atom stereocenters. The Morgan fingerprint density at radius 1 is 1.08 bits per heavy atom. The van der Waals surface area contributed by atoms with Gasteiger partial charge in [-0.3, -0.25) is 14.3 Å². The van der Waals surface area contributed by atoms with Crippen LogP contribution in [0.1, 0.15) is 68.8 Å². The third-order valence-corrected chi connectivity index (χ3v) is 9.33. The Morgan fingerprint density at radius 2 is 1.86 bits per heavy atom. The number of carbonyl (C=O) groups is 2. The monoisotopic (exact) mass is 516 g/mol. The van der Waals surface area contributed by atoms with Gasteiger partial charge >= 0.3 is 0 Å². The summed E-state index contributed by atoms with van der Waals surface area (Å²) in [7, 11) is -2.03. The molecule has 0 spiro atoms. The third kappa shape index (κ3) is 6.12. The lowest BCUT2D eigenvalue weighted by molar-refractivity contribution is -0.124. The van der Waals surface area contributed by atoms with Crippen molar-refractivity contribution in [1.82, 2.24) is 29.7 Å². The quantitative estimate of drug-likeness (QED) is 0.554. The highest BCUT2D eigenvalue weighted by molar-refractivity contribution is 7.89. The molecular weight excluding hydrogens is 480 g/mol. The smallest absolute Gasteiger partial charge is 0.270 e. The lowest BCUT2D eigenvalue weighted by atomic mass is 9.97. The minimum absolute atomic E-state index is 0.0360. The molecule has 1 saturated heterocycles. The molecule has 0 aromatic carbocycles. The van der Waals surface area contributed by atoms with Gasteiger partial charge in [0.1, 0.15) is 11.7 Å². The van der Waals surface area contributed by atoms with Crippen molar-refractivity contribution in [3.05, 3.63) is 42.4 Å². The number of aryl methyl sites for hydroxylation is 1. The summed E-state index contributed by atoms with van der Waals surface area (Å²) in [5.74, 6) is -0.132. The molecule has 0 bridgehead atoms. The molecule has 4 rings (SSSR count). The van der Waals surface area contributed by atoms with E-state index >= 15 is 0 Å². The summed E-state index contributed by atoms with van der Waals surface area (Å²) in [6.07, 6.45) is 9.82. The zero-order valence-electron chi connectivity index (χ0n) is 21.0. The first-order valence-corrected chi connectivity index (χ1v) is 14.2. The molecule has 196 valence electrons. The van der Waals surface area contributed by atoms with Crippen molar-refractivity contribution in [3.8, 4) is 0 Å². The molecule has 3 heterocycles. The zero-order chi connectivity index (χ0) is 25.7. The number of hydrogen-bond donors (Lipinski definition) is 2. The Balaban J connectivity index is 1.42. The Labute approximate surface area is 212 Å². The first-order chi connectivity index (χ1) is 17.3. The number of nitrogens with one attached hydrogen (secondary N) is 2. The average molecular weight is 517 g/mol. The molecule has 1 unspecified atom stereocenters. The summed E-state index contributed by atoms with van der Waals surface area (Å²) >= 11 is 0. The second-order valence-electron chi connectivity index (χ2n) is 9.96. The van der Waals surface area contributed by atoms with E-state index in [0.29, 0.717) is 43.8 Å². The van der Waals surface area contributed by atoms with Crippen molar-refractivity contribution in [1.29, 1.82) is 0 Å². The summed E-state index contributed by atoms with van der Waals surface area (Å²) in [5.41, 5.74) is 0.401. The summed E-state index contributed by atoms with van der Waals surface area (Å²) < 4.78 is 29.3. The molecule has 2 N–H and O–H groups in total. The summed E-state index contributed by atoms with van der Waals surface area (Å²) in [6.45, 7) is 2.18. The van der Waals surface area contributed by atoms with Crippen LogP contribution in [-0.4, -0.2) is 64.0 Å². The van der Waals surface area contributed by atoms with Crippen molar-refractivity contribution in [2.45, 2.75) is 81.4 Å². The molecule has 36 heavy (non-hydrogen) atoms. The molecule has 2 aromatic rings. The fourth-order valence-corrected chi connectivity index (χ4v) is 6.91. The highest BCUT2D eigenvalue weighted by Gasteiger charge is 2.34. The number of aromatic nitrogens is 3. The van der Waals surface area contributed by atoms with Crippen LogP contribution in [-0.2, 0) is 21.9 Å². The van der Waals surface area contributed by atoms with Crippen LogP contribution in [0.2, 0.25) is 0 Å². The number of nitrogens with zero attached hydrogens (tertiary/aromatic N) is 4.